The van der Waals surface area contributed by atoms with Crippen LogP contribution in [0.2, 0.25) is 10.0 Å². The van der Waals surface area contributed by atoms with Crippen molar-refractivity contribution in [1.82, 2.24) is 5.32 Å². The molecule has 6 heteroatoms. The average Bonchev–Trinajstić information content (AvgIpc) is 2.56. The van der Waals surface area contributed by atoms with Crippen molar-refractivity contribution >= 4 is 40.0 Å². The molecule has 4 nitrogen and oxygen atoms in total. The molecule has 0 radical (unpaired) electrons. The van der Waals surface area contributed by atoms with Crippen molar-refractivity contribution in [3.05, 3.63) is 81.1 Å². The number of carbonyl (C=O) groups excluding carboxylic acids is 1. The van der Waals surface area contributed by atoms with Crippen molar-refractivity contribution < 1.29 is 9.52 Å². The summed E-state index contributed by atoms with van der Waals surface area (Å²) in [5.74, 6) is -0.316. The first-order chi connectivity index (χ1) is 11.6. The van der Waals surface area contributed by atoms with E-state index >= 15 is 0 Å². The molecule has 24 heavy (non-hydrogen) atoms. The summed E-state index contributed by atoms with van der Waals surface area (Å²) in [6.45, 7) is 0.416. The van der Waals surface area contributed by atoms with E-state index in [2.05, 4.69) is 5.32 Å². The number of halogens is 2. The third kappa shape index (κ3) is 3.30. The number of rotatable bonds is 4. The Bertz CT molecular complexity index is 913. The maximum absolute atomic E-state index is 12.5. The summed E-state index contributed by atoms with van der Waals surface area (Å²) in [5, 5.41) is 16.2. The molecule has 2 aromatic carbocycles. The molecule has 0 unspecified atom stereocenters. The van der Waals surface area contributed by atoms with Gasteiger partial charge in [0.15, 0.2) is 6.20 Å². The van der Waals surface area contributed by atoms with Crippen LogP contribution in [0, 0.1) is 5.21 Å². The number of amides is 1. The van der Waals surface area contributed by atoms with Gasteiger partial charge in [0.2, 0.25) is 5.52 Å². The molecule has 0 aliphatic carbocycles. The molecule has 0 saturated carbocycles. The molecule has 3 rings (SSSR count). The maximum atomic E-state index is 12.5. The number of nitrogens with one attached hydrogen (secondary N) is 1. The molecule has 0 saturated heterocycles. The number of fused-ring (bicyclic) bond motifs is 1. The van der Waals surface area contributed by atoms with Gasteiger partial charge in [0, 0.05) is 23.7 Å². The second kappa shape index (κ2) is 7.07. The largest absolute Gasteiger partial charge is 0.618 e. The van der Waals surface area contributed by atoms with Crippen molar-refractivity contribution in [2.45, 2.75) is 6.42 Å². The van der Waals surface area contributed by atoms with Gasteiger partial charge in [-0.2, -0.15) is 4.73 Å². The molecule has 122 valence electrons. The van der Waals surface area contributed by atoms with E-state index in [0.717, 1.165) is 5.56 Å². The van der Waals surface area contributed by atoms with Gasteiger partial charge in [-0.3, -0.25) is 4.79 Å². The number of carbonyl (C=O) groups is 1. The summed E-state index contributed by atoms with van der Waals surface area (Å²) in [4.78, 5) is 12.5. The molecule has 0 aliphatic heterocycles. The first kappa shape index (κ1) is 16.6. The Hall–Kier alpha value is -2.30. The van der Waals surface area contributed by atoms with Gasteiger partial charge in [-0.25, -0.2) is 0 Å². The van der Waals surface area contributed by atoms with Crippen LogP contribution in [0.3, 0.4) is 0 Å². The highest BCUT2D eigenvalue weighted by molar-refractivity contribution is 6.35. The van der Waals surface area contributed by atoms with E-state index < -0.39 is 0 Å². The quantitative estimate of drug-likeness (QED) is 0.568. The molecule has 0 fully saturated rings. The number of hydrogen-bond donors (Lipinski definition) is 1. The van der Waals surface area contributed by atoms with Crippen molar-refractivity contribution in [2.24, 2.45) is 0 Å². The highest BCUT2D eigenvalue weighted by Crippen LogP contribution is 2.24. The standard InChI is InChI=1S/C18H14Cl2N2O2/c19-14-6-2-1-4-12(14)9-10-21-18(23)17-13-5-3-11-22(24)16(13)8-7-15(17)20/h1-8,11H,9-10H2,(H,21,23). The summed E-state index contributed by atoms with van der Waals surface area (Å²) >= 11 is 12.3. The Morgan fingerprint density at radius 3 is 2.62 bits per heavy atom. The molecular formula is C18H14Cl2N2O2. The van der Waals surface area contributed by atoms with Gasteiger partial charge in [-0.1, -0.05) is 41.4 Å². The maximum Gasteiger partial charge on any atom is 0.253 e. The van der Waals surface area contributed by atoms with Crippen molar-refractivity contribution in [1.29, 1.82) is 0 Å². The lowest BCUT2D eigenvalue weighted by Crippen LogP contribution is -2.29. The summed E-state index contributed by atoms with van der Waals surface area (Å²) in [6, 6.07) is 13.9. The zero-order chi connectivity index (χ0) is 17.1. The Kier molecular flexibility index (Phi) is 4.88. The molecule has 0 atom stereocenters. The van der Waals surface area contributed by atoms with Crippen LogP contribution in [0.5, 0.6) is 0 Å². The van der Waals surface area contributed by atoms with Gasteiger partial charge in [0.05, 0.1) is 16.0 Å². The summed E-state index contributed by atoms with van der Waals surface area (Å²) in [7, 11) is 0. The number of nitrogens with zero attached hydrogens (tertiary/aromatic N) is 1. The minimum atomic E-state index is -0.316. The van der Waals surface area contributed by atoms with Gasteiger partial charge in [-0.15, -0.1) is 0 Å². The van der Waals surface area contributed by atoms with E-state index in [1.165, 1.54) is 6.20 Å². The second-order valence-electron chi connectivity index (χ2n) is 5.29. The van der Waals surface area contributed by atoms with Crippen LogP contribution in [0.1, 0.15) is 15.9 Å². The minimum Gasteiger partial charge on any atom is -0.618 e. The molecule has 0 bridgehead atoms. The van der Waals surface area contributed by atoms with Crippen LogP contribution < -0.4 is 10.0 Å². The van der Waals surface area contributed by atoms with E-state index in [1.807, 2.05) is 24.3 Å². The predicted molar refractivity (Wildman–Crippen MR) is 95.4 cm³/mol. The zero-order valence-electron chi connectivity index (χ0n) is 12.6. The predicted octanol–water partition coefficient (Wildman–Crippen LogP) is 3.75. The first-order valence-electron chi connectivity index (χ1n) is 7.40. The molecule has 1 N–H and O–H groups in total. The first-order valence-corrected chi connectivity index (χ1v) is 8.15. The topological polar surface area (TPSA) is 56.0 Å². The van der Waals surface area contributed by atoms with Crippen LogP contribution in [0.4, 0.5) is 0 Å². The van der Waals surface area contributed by atoms with Crippen LogP contribution >= 0.6 is 23.2 Å². The van der Waals surface area contributed by atoms with Crippen LogP contribution in [-0.4, -0.2) is 12.5 Å². The fraction of sp³-hybridized carbons (Fsp3) is 0.111. The molecule has 1 aromatic heterocycles. The molecule has 1 heterocycles. The average molecular weight is 361 g/mol. The Morgan fingerprint density at radius 2 is 1.83 bits per heavy atom. The summed E-state index contributed by atoms with van der Waals surface area (Å²) < 4.78 is 0.714. The van der Waals surface area contributed by atoms with Crippen molar-refractivity contribution in [3.8, 4) is 0 Å². The number of pyridine rings is 1. The van der Waals surface area contributed by atoms with Gasteiger partial charge in [0.1, 0.15) is 0 Å². The molecule has 1 amide bonds. The molecule has 0 spiro atoms. The SMILES string of the molecule is O=C(NCCc1ccccc1Cl)c1c(Cl)ccc2c1ccc[n+]2[O-]. The van der Waals surface area contributed by atoms with E-state index in [9.17, 15) is 10.0 Å². The smallest absolute Gasteiger partial charge is 0.253 e. The summed E-state index contributed by atoms with van der Waals surface area (Å²) in [5.41, 5.74) is 1.66. The number of benzene rings is 2. The van der Waals surface area contributed by atoms with Crippen LogP contribution in [-0.2, 0) is 6.42 Å². The van der Waals surface area contributed by atoms with Gasteiger partial charge >= 0.3 is 0 Å². The van der Waals surface area contributed by atoms with Gasteiger partial charge in [-0.05, 0) is 30.2 Å². The van der Waals surface area contributed by atoms with Gasteiger partial charge in [0.25, 0.3) is 5.91 Å². The fourth-order valence-electron chi connectivity index (χ4n) is 2.57. The second-order valence-corrected chi connectivity index (χ2v) is 6.10. The lowest BCUT2D eigenvalue weighted by molar-refractivity contribution is -0.577. The monoisotopic (exact) mass is 360 g/mol. The van der Waals surface area contributed by atoms with E-state index in [0.29, 0.717) is 44.2 Å². The molecule has 3 aromatic rings. The fourth-order valence-corrected chi connectivity index (χ4v) is 3.05. The third-order valence-corrected chi connectivity index (χ3v) is 4.44. The Labute approximate surface area is 149 Å². The number of aromatic nitrogens is 1. The van der Waals surface area contributed by atoms with E-state index in [4.69, 9.17) is 23.2 Å². The summed E-state index contributed by atoms with van der Waals surface area (Å²) in [6.07, 6.45) is 1.99. The van der Waals surface area contributed by atoms with Gasteiger partial charge < -0.3 is 10.5 Å². The van der Waals surface area contributed by atoms with Crippen molar-refractivity contribution in [2.75, 3.05) is 6.54 Å². The zero-order valence-corrected chi connectivity index (χ0v) is 14.1. The normalized spacial score (nSPS) is 10.8. The Balaban J connectivity index is 1.80. The van der Waals surface area contributed by atoms with E-state index in [-0.39, 0.29) is 5.91 Å². The van der Waals surface area contributed by atoms with Crippen molar-refractivity contribution in [3.63, 3.8) is 0 Å². The lowest BCUT2D eigenvalue weighted by atomic mass is 10.1. The third-order valence-electron chi connectivity index (χ3n) is 3.76. The molecule has 0 aliphatic rings. The Morgan fingerprint density at radius 1 is 1.04 bits per heavy atom. The van der Waals surface area contributed by atoms with Crippen LogP contribution in [0.25, 0.3) is 10.9 Å². The highest BCUT2D eigenvalue weighted by Gasteiger charge is 2.17. The van der Waals surface area contributed by atoms with Crippen LogP contribution in [0.15, 0.2) is 54.7 Å². The number of hydrogen-bond acceptors (Lipinski definition) is 2. The minimum absolute atomic E-state index is 0.304. The lowest BCUT2D eigenvalue weighted by Gasteiger charge is -2.10. The highest BCUT2D eigenvalue weighted by atomic mass is 35.5. The van der Waals surface area contributed by atoms with E-state index in [1.54, 1.807) is 24.3 Å². The molecular weight excluding hydrogens is 347 g/mol.